The number of ether oxygens (including phenoxy) is 1. The molecular weight excluding hydrogens is 278 g/mol. The monoisotopic (exact) mass is 293 g/mol. The lowest BCUT2D eigenvalue weighted by Gasteiger charge is -2.23. The number of carboxylic acids is 1. The van der Waals surface area contributed by atoms with Crippen LogP contribution in [0.3, 0.4) is 0 Å². The van der Waals surface area contributed by atoms with E-state index in [-0.39, 0.29) is 23.4 Å². The maximum atomic E-state index is 11.1. The van der Waals surface area contributed by atoms with E-state index in [1.54, 1.807) is 4.90 Å². The van der Waals surface area contributed by atoms with Gasteiger partial charge in [0.1, 0.15) is 5.69 Å². The molecule has 1 N–H and O–H groups in total. The highest BCUT2D eigenvalue weighted by Crippen LogP contribution is 2.29. The van der Waals surface area contributed by atoms with Gasteiger partial charge < -0.3 is 14.7 Å². The van der Waals surface area contributed by atoms with Crippen molar-refractivity contribution in [2.75, 3.05) is 31.7 Å². The first-order valence-corrected chi connectivity index (χ1v) is 6.13. The van der Waals surface area contributed by atoms with E-state index in [9.17, 15) is 14.9 Å². The summed E-state index contributed by atoms with van der Waals surface area (Å²) in [5.41, 5.74) is -0.182. The zero-order valence-corrected chi connectivity index (χ0v) is 11.5. The largest absolute Gasteiger partial charge is 0.478 e. The number of nitro benzene ring substituents is 1. The van der Waals surface area contributed by atoms with Gasteiger partial charge in [0.05, 0.1) is 29.6 Å². The first kappa shape index (κ1) is 16.4. The maximum absolute atomic E-state index is 11.1. The van der Waals surface area contributed by atoms with Crippen LogP contribution < -0.4 is 4.90 Å². The molecule has 0 atom stereocenters. The van der Waals surface area contributed by atoms with Gasteiger partial charge >= 0.3 is 5.97 Å². The average molecular weight is 293 g/mol. The molecule has 0 bridgehead atoms. The van der Waals surface area contributed by atoms with Gasteiger partial charge in [-0.15, -0.1) is 0 Å². The molecule has 0 amide bonds. The number of rotatable bonds is 8. The minimum Gasteiger partial charge on any atom is -0.478 e. The molecule has 8 heteroatoms. The van der Waals surface area contributed by atoms with Crippen molar-refractivity contribution in [2.24, 2.45) is 0 Å². The molecule has 1 rings (SSSR count). The van der Waals surface area contributed by atoms with Gasteiger partial charge in [0.2, 0.25) is 0 Å². The SMILES string of the molecule is COCCN(CCC#N)c1ccc(C(=O)O)cc1[N+](=O)[O-]. The Morgan fingerprint density at radius 1 is 1.52 bits per heavy atom. The van der Waals surface area contributed by atoms with Crippen LogP contribution in [0.1, 0.15) is 16.8 Å². The Hall–Kier alpha value is -2.66. The summed E-state index contributed by atoms with van der Waals surface area (Å²) >= 11 is 0. The summed E-state index contributed by atoms with van der Waals surface area (Å²) in [6, 6.07) is 5.68. The highest BCUT2D eigenvalue weighted by Gasteiger charge is 2.21. The minimum absolute atomic E-state index is 0.155. The van der Waals surface area contributed by atoms with Gasteiger partial charge in [0.15, 0.2) is 0 Å². The smallest absolute Gasteiger partial charge is 0.335 e. The van der Waals surface area contributed by atoms with Crippen molar-refractivity contribution in [3.05, 3.63) is 33.9 Å². The van der Waals surface area contributed by atoms with E-state index in [0.717, 1.165) is 6.07 Å². The fourth-order valence-corrected chi connectivity index (χ4v) is 1.81. The third kappa shape index (κ3) is 4.43. The molecule has 0 saturated heterocycles. The average Bonchev–Trinajstić information content (AvgIpc) is 2.46. The number of hydrogen-bond acceptors (Lipinski definition) is 6. The van der Waals surface area contributed by atoms with Crippen molar-refractivity contribution in [3.8, 4) is 6.07 Å². The van der Waals surface area contributed by atoms with Crippen LogP contribution in [0, 0.1) is 21.4 Å². The lowest BCUT2D eigenvalue weighted by atomic mass is 10.1. The van der Waals surface area contributed by atoms with Crippen LogP contribution in [-0.4, -0.2) is 42.8 Å². The summed E-state index contributed by atoms with van der Waals surface area (Å²) in [7, 11) is 1.50. The van der Waals surface area contributed by atoms with E-state index in [0.29, 0.717) is 19.7 Å². The Morgan fingerprint density at radius 3 is 2.76 bits per heavy atom. The molecule has 0 spiro atoms. The number of hydrogen-bond donors (Lipinski definition) is 1. The topological polar surface area (TPSA) is 117 Å². The Morgan fingerprint density at radius 2 is 2.24 bits per heavy atom. The second-order valence-corrected chi connectivity index (χ2v) is 4.15. The van der Waals surface area contributed by atoms with Crippen LogP contribution in [0.2, 0.25) is 0 Å². The molecule has 0 unspecified atom stereocenters. The van der Waals surface area contributed by atoms with Gasteiger partial charge in [-0.2, -0.15) is 5.26 Å². The second-order valence-electron chi connectivity index (χ2n) is 4.15. The summed E-state index contributed by atoms with van der Waals surface area (Å²) in [4.78, 5) is 23.0. The molecule has 8 nitrogen and oxygen atoms in total. The van der Waals surface area contributed by atoms with E-state index in [1.165, 1.54) is 19.2 Å². The highest BCUT2D eigenvalue weighted by molar-refractivity contribution is 5.89. The molecular formula is C13H15N3O5. The molecule has 0 fully saturated rings. The molecule has 0 saturated carbocycles. The number of nitrogens with zero attached hydrogens (tertiary/aromatic N) is 3. The molecule has 0 aliphatic heterocycles. The summed E-state index contributed by atoms with van der Waals surface area (Å²) in [6.45, 7) is 1.00. The van der Waals surface area contributed by atoms with Crippen molar-refractivity contribution in [1.82, 2.24) is 0 Å². The highest BCUT2D eigenvalue weighted by atomic mass is 16.6. The fraction of sp³-hybridized carbons (Fsp3) is 0.385. The Bertz CT molecular complexity index is 567. The molecule has 0 aliphatic rings. The predicted molar refractivity (Wildman–Crippen MR) is 74.4 cm³/mol. The number of aromatic carboxylic acids is 1. The number of nitro groups is 1. The van der Waals surface area contributed by atoms with E-state index in [4.69, 9.17) is 15.1 Å². The number of carbonyl (C=O) groups is 1. The quantitative estimate of drug-likeness (QED) is 0.572. The summed E-state index contributed by atoms with van der Waals surface area (Å²) in [6.07, 6.45) is 0.196. The van der Waals surface area contributed by atoms with Crippen molar-refractivity contribution in [3.63, 3.8) is 0 Å². The van der Waals surface area contributed by atoms with E-state index >= 15 is 0 Å². The lowest BCUT2D eigenvalue weighted by molar-refractivity contribution is -0.384. The normalized spacial score (nSPS) is 9.90. The number of carboxylic acid groups (broad SMARTS) is 1. The minimum atomic E-state index is -1.23. The number of benzene rings is 1. The fourth-order valence-electron chi connectivity index (χ4n) is 1.81. The van der Waals surface area contributed by atoms with Gasteiger partial charge in [0, 0.05) is 26.3 Å². The molecule has 1 aromatic rings. The Balaban J connectivity index is 3.19. The molecule has 0 radical (unpaired) electrons. The first-order chi connectivity index (χ1) is 10.0. The standard InChI is InChI=1S/C13H15N3O5/c1-21-8-7-15(6-2-5-14)11-4-3-10(13(17)18)9-12(11)16(19)20/h3-4,9H,2,6-8H2,1H3,(H,17,18). The summed E-state index contributed by atoms with van der Waals surface area (Å²) in [5, 5.41) is 28.7. The van der Waals surface area contributed by atoms with Crippen LogP contribution >= 0.6 is 0 Å². The van der Waals surface area contributed by atoms with Gasteiger partial charge in [-0.25, -0.2) is 4.79 Å². The zero-order valence-electron chi connectivity index (χ0n) is 11.5. The van der Waals surface area contributed by atoms with Crippen molar-refractivity contribution in [1.29, 1.82) is 5.26 Å². The van der Waals surface area contributed by atoms with Crippen LogP contribution in [0.15, 0.2) is 18.2 Å². The second kappa shape index (κ2) is 7.81. The van der Waals surface area contributed by atoms with Crippen LogP contribution in [0.25, 0.3) is 0 Å². The maximum Gasteiger partial charge on any atom is 0.335 e. The molecule has 21 heavy (non-hydrogen) atoms. The van der Waals surface area contributed by atoms with Gasteiger partial charge in [-0.05, 0) is 12.1 Å². The summed E-state index contributed by atoms with van der Waals surface area (Å²) in [5.74, 6) is -1.23. The first-order valence-electron chi connectivity index (χ1n) is 6.13. The predicted octanol–water partition coefficient (Wildman–Crippen LogP) is 1.66. The molecule has 0 aromatic heterocycles. The molecule has 1 aromatic carbocycles. The molecule has 112 valence electrons. The van der Waals surface area contributed by atoms with Crippen molar-refractivity contribution >= 4 is 17.3 Å². The molecule has 0 heterocycles. The van der Waals surface area contributed by atoms with Crippen LogP contribution in [-0.2, 0) is 4.74 Å². The number of nitriles is 1. The van der Waals surface area contributed by atoms with E-state index in [2.05, 4.69) is 0 Å². The number of anilines is 1. The Kier molecular flexibility index (Phi) is 6.10. The molecule has 0 aliphatic carbocycles. The van der Waals surface area contributed by atoms with Gasteiger partial charge in [-0.3, -0.25) is 10.1 Å². The number of methoxy groups -OCH3 is 1. The van der Waals surface area contributed by atoms with E-state index < -0.39 is 10.9 Å². The van der Waals surface area contributed by atoms with Crippen molar-refractivity contribution in [2.45, 2.75) is 6.42 Å². The van der Waals surface area contributed by atoms with Crippen LogP contribution in [0.5, 0.6) is 0 Å². The zero-order chi connectivity index (χ0) is 15.8. The Labute approximate surface area is 121 Å². The van der Waals surface area contributed by atoms with Crippen molar-refractivity contribution < 1.29 is 19.6 Å². The van der Waals surface area contributed by atoms with Gasteiger partial charge in [0.25, 0.3) is 5.69 Å². The summed E-state index contributed by atoms with van der Waals surface area (Å²) < 4.78 is 4.95. The van der Waals surface area contributed by atoms with Gasteiger partial charge in [-0.1, -0.05) is 0 Å². The third-order valence-corrected chi connectivity index (χ3v) is 2.82. The van der Waals surface area contributed by atoms with Crippen LogP contribution in [0.4, 0.5) is 11.4 Å². The van der Waals surface area contributed by atoms with E-state index in [1.807, 2.05) is 6.07 Å². The third-order valence-electron chi connectivity index (χ3n) is 2.82. The lowest BCUT2D eigenvalue weighted by Crippen LogP contribution is -2.29.